The van der Waals surface area contributed by atoms with Crippen LogP contribution in [0.1, 0.15) is 29.4 Å². The number of anilines is 1. The Morgan fingerprint density at radius 3 is 2.63 bits per heavy atom. The fraction of sp³-hybridized carbons (Fsp3) is 0.400. The summed E-state index contributed by atoms with van der Waals surface area (Å²) in [4.78, 5) is 27.7. The second-order valence-corrected chi connectivity index (χ2v) is 9.79. The van der Waals surface area contributed by atoms with Crippen molar-refractivity contribution in [1.82, 2.24) is 9.62 Å². The van der Waals surface area contributed by atoms with Crippen molar-refractivity contribution in [2.75, 3.05) is 25.6 Å². The number of benzene rings is 1. The van der Waals surface area contributed by atoms with Crippen LogP contribution in [-0.4, -0.2) is 57.5 Å². The van der Waals surface area contributed by atoms with E-state index < -0.39 is 16.1 Å². The summed E-state index contributed by atoms with van der Waals surface area (Å²) in [6, 6.07) is 8.58. The van der Waals surface area contributed by atoms with Crippen molar-refractivity contribution in [3.63, 3.8) is 0 Å². The molecule has 1 saturated heterocycles. The highest BCUT2D eigenvalue weighted by Crippen LogP contribution is 2.24. The highest BCUT2D eigenvalue weighted by molar-refractivity contribution is 7.89. The van der Waals surface area contributed by atoms with Crippen LogP contribution in [-0.2, 0) is 19.6 Å². The quantitative estimate of drug-likeness (QED) is 0.641. The van der Waals surface area contributed by atoms with E-state index in [1.807, 2.05) is 11.4 Å². The number of nitrogens with zero attached hydrogens (tertiary/aromatic N) is 1. The van der Waals surface area contributed by atoms with Gasteiger partial charge in [0.05, 0.1) is 16.4 Å². The summed E-state index contributed by atoms with van der Waals surface area (Å²) in [6.45, 7) is 2.51. The normalized spacial score (nSPS) is 17.7. The van der Waals surface area contributed by atoms with Gasteiger partial charge in [-0.15, -0.1) is 11.3 Å². The van der Waals surface area contributed by atoms with Gasteiger partial charge in [-0.25, -0.2) is 13.1 Å². The molecule has 1 aromatic heterocycles. The minimum absolute atomic E-state index is 0.0961. The van der Waals surface area contributed by atoms with Gasteiger partial charge in [-0.3, -0.25) is 9.59 Å². The lowest BCUT2D eigenvalue weighted by molar-refractivity contribution is -0.119. The molecule has 1 unspecified atom stereocenters. The van der Waals surface area contributed by atoms with E-state index in [4.69, 9.17) is 4.74 Å². The summed E-state index contributed by atoms with van der Waals surface area (Å²) in [7, 11) is -2.18. The average Bonchev–Trinajstić information content (AvgIpc) is 3.40. The van der Waals surface area contributed by atoms with E-state index in [1.54, 1.807) is 17.9 Å². The smallest absolute Gasteiger partial charge is 0.264 e. The van der Waals surface area contributed by atoms with Crippen LogP contribution in [0.3, 0.4) is 0 Å². The van der Waals surface area contributed by atoms with Crippen LogP contribution in [0.25, 0.3) is 0 Å². The molecule has 0 aliphatic carbocycles. The number of thiophene rings is 1. The number of sulfonamides is 1. The topological polar surface area (TPSA) is 105 Å². The van der Waals surface area contributed by atoms with Crippen LogP contribution in [0.2, 0.25) is 0 Å². The molecule has 0 spiro atoms. The first kappa shape index (κ1) is 22.4. The highest BCUT2D eigenvalue weighted by atomic mass is 32.2. The molecular weight excluding hydrogens is 426 g/mol. The Hall–Kier alpha value is -2.27. The van der Waals surface area contributed by atoms with E-state index in [0.29, 0.717) is 23.5 Å². The number of methoxy groups -OCH3 is 1. The van der Waals surface area contributed by atoms with Crippen molar-refractivity contribution in [3.8, 4) is 0 Å². The number of carbonyl (C=O) groups excluding carboxylic acids is 2. The van der Waals surface area contributed by atoms with Crippen LogP contribution in [0, 0.1) is 0 Å². The van der Waals surface area contributed by atoms with Crippen LogP contribution in [0.4, 0.5) is 5.69 Å². The third kappa shape index (κ3) is 5.25. The van der Waals surface area contributed by atoms with E-state index in [-0.39, 0.29) is 29.4 Å². The lowest BCUT2D eigenvalue weighted by Gasteiger charge is -2.23. The van der Waals surface area contributed by atoms with Gasteiger partial charge in [-0.05, 0) is 55.5 Å². The number of likely N-dealkylation sites (tertiary alicyclic amines) is 1. The number of ether oxygens (including phenoxy) is 1. The van der Waals surface area contributed by atoms with Crippen molar-refractivity contribution in [2.24, 2.45) is 0 Å². The van der Waals surface area contributed by atoms with Gasteiger partial charge in [-0.2, -0.15) is 0 Å². The van der Waals surface area contributed by atoms with Crippen LogP contribution < -0.4 is 10.0 Å². The number of hydrogen-bond acceptors (Lipinski definition) is 6. The molecule has 1 aliphatic rings. The van der Waals surface area contributed by atoms with E-state index in [1.165, 1.54) is 42.7 Å². The molecule has 0 radical (unpaired) electrons. The first-order valence-electron chi connectivity index (χ1n) is 9.58. The zero-order valence-corrected chi connectivity index (χ0v) is 18.5. The molecule has 2 amide bonds. The molecule has 3 rings (SSSR count). The standard InChI is InChI=1S/C20H25N3O5S2/c1-14(13-28-2)22-30(26,27)16-9-7-15(8-10-16)21-19(24)17-5-3-11-23(17)20(25)18-6-4-12-29-18/h4,6-10,12,14,17,22H,3,5,11,13H2,1-2H3,(H,21,24)/t14?,17-/m0/s1. The Balaban J connectivity index is 1.65. The molecule has 10 heteroatoms. The zero-order valence-electron chi connectivity index (χ0n) is 16.8. The molecule has 2 aromatic rings. The number of hydrogen-bond donors (Lipinski definition) is 2. The Labute approximate surface area is 180 Å². The molecule has 2 atom stereocenters. The second kappa shape index (κ2) is 9.69. The summed E-state index contributed by atoms with van der Waals surface area (Å²) in [5.74, 6) is -0.416. The predicted molar refractivity (Wildman–Crippen MR) is 115 cm³/mol. The van der Waals surface area contributed by atoms with Gasteiger partial charge in [0, 0.05) is 25.4 Å². The summed E-state index contributed by atoms with van der Waals surface area (Å²) in [5, 5.41) is 4.62. The van der Waals surface area contributed by atoms with E-state index in [2.05, 4.69) is 10.0 Å². The second-order valence-electron chi connectivity index (χ2n) is 7.13. The molecule has 1 fully saturated rings. The van der Waals surface area contributed by atoms with Gasteiger partial charge in [0.2, 0.25) is 15.9 Å². The van der Waals surface area contributed by atoms with Gasteiger partial charge in [0.1, 0.15) is 6.04 Å². The maximum atomic E-state index is 12.8. The third-order valence-electron chi connectivity index (χ3n) is 4.75. The van der Waals surface area contributed by atoms with Crippen molar-refractivity contribution in [2.45, 2.75) is 36.7 Å². The van der Waals surface area contributed by atoms with Gasteiger partial charge in [0.25, 0.3) is 5.91 Å². The van der Waals surface area contributed by atoms with Crippen LogP contribution in [0.15, 0.2) is 46.7 Å². The highest BCUT2D eigenvalue weighted by Gasteiger charge is 2.35. The fourth-order valence-electron chi connectivity index (χ4n) is 3.38. The largest absolute Gasteiger partial charge is 0.383 e. The maximum absolute atomic E-state index is 12.8. The van der Waals surface area contributed by atoms with E-state index >= 15 is 0 Å². The number of nitrogens with one attached hydrogen (secondary N) is 2. The predicted octanol–water partition coefficient (Wildman–Crippen LogP) is 2.30. The molecule has 162 valence electrons. The SMILES string of the molecule is COCC(C)NS(=O)(=O)c1ccc(NC(=O)[C@@H]2CCCN2C(=O)c2cccs2)cc1. The first-order valence-corrected chi connectivity index (χ1v) is 11.9. The molecule has 8 nitrogen and oxygen atoms in total. The molecule has 30 heavy (non-hydrogen) atoms. The number of amides is 2. The minimum atomic E-state index is -3.68. The van der Waals surface area contributed by atoms with Gasteiger partial charge in [0.15, 0.2) is 0 Å². The Morgan fingerprint density at radius 1 is 1.27 bits per heavy atom. The molecule has 0 saturated carbocycles. The average molecular weight is 452 g/mol. The molecular formula is C20H25N3O5S2. The van der Waals surface area contributed by atoms with Crippen molar-refractivity contribution >= 4 is 38.9 Å². The van der Waals surface area contributed by atoms with E-state index in [0.717, 1.165) is 6.42 Å². The Bertz CT molecular complexity index is 974. The van der Waals surface area contributed by atoms with Gasteiger partial charge >= 0.3 is 0 Å². The van der Waals surface area contributed by atoms with Gasteiger partial charge < -0.3 is 15.0 Å². The Kier molecular flexibility index (Phi) is 7.24. The lowest BCUT2D eigenvalue weighted by Crippen LogP contribution is -2.42. The van der Waals surface area contributed by atoms with Crippen molar-refractivity contribution in [3.05, 3.63) is 46.7 Å². The monoisotopic (exact) mass is 451 g/mol. The van der Waals surface area contributed by atoms with Crippen molar-refractivity contribution < 1.29 is 22.7 Å². The minimum Gasteiger partial charge on any atom is -0.383 e. The summed E-state index contributed by atoms with van der Waals surface area (Å²) < 4.78 is 32.3. The summed E-state index contributed by atoms with van der Waals surface area (Å²) in [6.07, 6.45) is 1.36. The molecule has 0 bridgehead atoms. The summed E-state index contributed by atoms with van der Waals surface area (Å²) in [5.41, 5.74) is 0.472. The molecule has 2 heterocycles. The number of rotatable bonds is 8. The zero-order chi connectivity index (χ0) is 21.7. The molecule has 2 N–H and O–H groups in total. The fourth-order valence-corrected chi connectivity index (χ4v) is 5.29. The molecule has 1 aliphatic heterocycles. The molecule has 1 aromatic carbocycles. The Morgan fingerprint density at radius 2 is 2.00 bits per heavy atom. The first-order chi connectivity index (χ1) is 14.3. The van der Waals surface area contributed by atoms with Crippen molar-refractivity contribution in [1.29, 1.82) is 0 Å². The van der Waals surface area contributed by atoms with Gasteiger partial charge in [-0.1, -0.05) is 6.07 Å². The van der Waals surface area contributed by atoms with E-state index in [9.17, 15) is 18.0 Å². The maximum Gasteiger partial charge on any atom is 0.264 e. The lowest BCUT2D eigenvalue weighted by atomic mass is 10.2. The summed E-state index contributed by atoms with van der Waals surface area (Å²) >= 11 is 1.35. The van der Waals surface area contributed by atoms with Crippen LogP contribution in [0.5, 0.6) is 0 Å². The third-order valence-corrected chi connectivity index (χ3v) is 7.22. The number of carbonyl (C=O) groups is 2. The van der Waals surface area contributed by atoms with Crippen LogP contribution >= 0.6 is 11.3 Å².